The van der Waals surface area contributed by atoms with Gasteiger partial charge in [-0.05, 0) is 29.3 Å². The fourth-order valence-electron chi connectivity index (χ4n) is 1.54. The van der Waals surface area contributed by atoms with Crippen molar-refractivity contribution < 1.29 is 0 Å². The smallest absolute Gasteiger partial charge is 0.189 e. The summed E-state index contributed by atoms with van der Waals surface area (Å²) in [7, 11) is 0. The molecule has 0 fully saturated rings. The second-order valence-electron chi connectivity index (χ2n) is 3.36. The second-order valence-corrected chi connectivity index (χ2v) is 3.36. The van der Waals surface area contributed by atoms with Crippen LogP contribution < -0.4 is 0 Å². The molecule has 0 spiro atoms. The SMILES string of the molecule is [C-]#[N+]c1cc(C#N)cc(-c2ccccc2)c1. The van der Waals surface area contributed by atoms with Gasteiger partial charge < -0.3 is 0 Å². The van der Waals surface area contributed by atoms with Gasteiger partial charge in [-0.2, -0.15) is 5.26 Å². The molecule has 2 aromatic carbocycles. The number of rotatable bonds is 1. The van der Waals surface area contributed by atoms with E-state index >= 15 is 0 Å². The van der Waals surface area contributed by atoms with E-state index in [0.717, 1.165) is 11.1 Å². The molecule has 2 rings (SSSR count). The molecule has 74 valence electrons. The Balaban J connectivity index is 2.59. The topological polar surface area (TPSA) is 28.1 Å². The molecule has 2 nitrogen and oxygen atoms in total. The van der Waals surface area contributed by atoms with E-state index in [-0.39, 0.29) is 0 Å². The van der Waals surface area contributed by atoms with Gasteiger partial charge in [-0.1, -0.05) is 30.3 Å². The van der Waals surface area contributed by atoms with Crippen molar-refractivity contribution in [2.24, 2.45) is 0 Å². The third-order valence-corrected chi connectivity index (χ3v) is 2.28. The second kappa shape index (κ2) is 4.29. The van der Waals surface area contributed by atoms with Crippen LogP contribution in [-0.4, -0.2) is 0 Å². The van der Waals surface area contributed by atoms with Gasteiger partial charge in [0.2, 0.25) is 0 Å². The molecule has 0 N–H and O–H groups in total. The van der Waals surface area contributed by atoms with Crippen LogP contribution in [-0.2, 0) is 0 Å². The number of hydrogen-bond donors (Lipinski definition) is 0. The van der Waals surface area contributed by atoms with Crippen LogP contribution >= 0.6 is 0 Å². The Bertz CT molecular complexity index is 554. The Morgan fingerprint density at radius 3 is 2.38 bits per heavy atom. The molecule has 16 heavy (non-hydrogen) atoms. The van der Waals surface area contributed by atoms with Crippen molar-refractivity contribution in [3.8, 4) is 17.2 Å². The van der Waals surface area contributed by atoms with Crippen molar-refractivity contribution in [3.63, 3.8) is 0 Å². The maximum absolute atomic E-state index is 8.88. The lowest BCUT2D eigenvalue weighted by Crippen LogP contribution is -1.79. The van der Waals surface area contributed by atoms with Gasteiger partial charge in [0.05, 0.1) is 12.6 Å². The average molecular weight is 204 g/mol. The zero-order valence-electron chi connectivity index (χ0n) is 8.51. The maximum Gasteiger partial charge on any atom is 0.189 e. The Kier molecular flexibility index (Phi) is 2.67. The summed E-state index contributed by atoms with van der Waals surface area (Å²) in [4.78, 5) is 3.36. The first-order valence-electron chi connectivity index (χ1n) is 4.81. The molecule has 0 atom stereocenters. The van der Waals surface area contributed by atoms with Crippen molar-refractivity contribution >= 4 is 5.69 Å². The Morgan fingerprint density at radius 2 is 1.75 bits per heavy atom. The minimum atomic E-state index is 0.498. The normalized spacial score (nSPS) is 9.12. The minimum Gasteiger partial charge on any atom is -0.238 e. The molecule has 2 aromatic rings. The van der Waals surface area contributed by atoms with Crippen molar-refractivity contribution in [1.29, 1.82) is 5.26 Å². The van der Waals surface area contributed by atoms with Crippen molar-refractivity contribution in [2.75, 3.05) is 0 Å². The van der Waals surface area contributed by atoms with Crippen LogP contribution in [0.2, 0.25) is 0 Å². The molecule has 0 aliphatic rings. The first kappa shape index (κ1) is 9.96. The van der Waals surface area contributed by atoms with Crippen LogP contribution in [0.4, 0.5) is 5.69 Å². The monoisotopic (exact) mass is 204 g/mol. The average Bonchev–Trinajstić information content (AvgIpc) is 2.39. The summed E-state index contributed by atoms with van der Waals surface area (Å²) in [6, 6.07) is 17.0. The van der Waals surface area contributed by atoms with Gasteiger partial charge in [0, 0.05) is 5.56 Å². The van der Waals surface area contributed by atoms with E-state index in [9.17, 15) is 0 Å². The number of hydrogen-bond acceptors (Lipinski definition) is 1. The van der Waals surface area contributed by atoms with Gasteiger partial charge in [0.25, 0.3) is 0 Å². The fourth-order valence-corrected chi connectivity index (χ4v) is 1.54. The largest absolute Gasteiger partial charge is 0.238 e. The summed E-state index contributed by atoms with van der Waals surface area (Å²) in [6.45, 7) is 6.99. The quantitative estimate of drug-likeness (QED) is 0.650. The van der Waals surface area contributed by atoms with Crippen molar-refractivity contribution in [2.45, 2.75) is 0 Å². The minimum absolute atomic E-state index is 0.498. The molecule has 0 heterocycles. The van der Waals surface area contributed by atoms with Gasteiger partial charge in [0.15, 0.2) is 5.69 Å². The summed E-state index contributed by atoms with van der Waals surface area (Å²) >= 11 is 0. The molecule has 0 aliphatic heterocycles. The highest BCUT2D eigenvalue weighted by Crippen LogP contribution is 2.25. The molecule has 0 aromatic heterocycles. The lowest BCUT2D eigenvalue weighted by Gasteiger charge is -2.02. The van der Waals surface area contributed by atoms with E-state index in [0.29, 0.717) is 11.3 Å². The van der Waals surface area contributed by atoms with E-state index < -0.39 is 0 Å². The van der Waals surface area contributed by atoms with E-state index in [1.165, 1.54) is 0 Å². The number of nitriles is 1. The van der Waals surface area contributed by atoms with Gasteiger partial charge >= 0.3 is 0 Å². The number of nitrogens with zero attached hydrogens (tertiary/aromatic N) is 2. The van der Waals surface area contributed by atoms with Crippen LogP contribution in [0.15, 0.2) is 48.5 Å². The molecule has 0 saturated carbocycles. The van der Waals surface area contributed by atoms with E-state index in [4.69, 9.17) is 11.8 Å². The molecular weight excluding hydrogens is 196 g/mol. The summed E-state index contributed by atoms with van der Waals surface area (Å²) in [5.74, 6) is 0. The van der Waals surface area contributed by atoms with Gasteiger partial charge in [-0.15, -0.1) is 0 Å². The Labute approximate surface area is 94.2 Å². The molecule has 0 saturated heterocycles. The van der Waals surface area contributed by atoms with Crippen LogP contribution in [0.5, 0.6) is 0 Å². The first-order valence-corrected chi connectivity index (χ1v) is 4.81. The van der Waals surface area contributed by atoms with Crippen LogP contribution in [0.3, 0.4) is 0 Å². The molecule has 0 bridgehead atoms. The molecule has 0 radical (unpaired) electrons. The summed E-state index contributed by atoms with van der Waals surface area (Å²) in [6.07, 6.45) is 0. The summed E-state index contributed by atoms with van der Waals surface area (Å²) in [5, 5.41) is 8.88. The molecule has 0 aliphatic carbocycles. The highest BCUT2D eigenvalue weighted by Gasteiger charge is 2.02. The van der Waals surface area contributed by atoms with E-state index in [2.05, 4.69) is 10.9 Å². The third-order valence-electron chi connectivity index (χ3n) is 2.28. The summed E-state index contributed by atoms with van der Waals surface area (Å²) < 4.78 is 0. The molecular formula is C14H8N2. The van der Waals surface area contributed by atoms with Crippen molar-refractivity contribution in [3.05, 3.63) is 65.5 Å². The van der Waals surface area contributed by atoms with E-state index in [1.54, 1.807) is 18.2 Å². The lowest BCUT2D eigenvalue weighted by molar-refractivity contribution is 1.48. The van der Waals surface area contributed by atoms with Crippen LogP contribution in [0.1, 0.15) is 5.56 Å². The van der Waals surface area contributed by atoms with Gasteiger partial charge in [0.1, 0.15) is 0 Å². The predicted octanol–water partition coefficient (Wildman–Crippen LogP) is 3.78. The zero-order valence-corrected chi connectivity index (χ0v) is 8.51. The van der Waals surface area contributed by atoms with Gasteiger partial charge in [-0.25, -0.2) is 4.85 Å². The standard InChI is InChI=1S/C14H8N2/c1-16-14-8-11(10-15)7-13(9-14)12-5-3-2-4-6-12/h2-9H. The maximum atomic E-state index is 8.88. The van der Waals surface area contributed by atoms with Gasteiger partial charge in [-0.3, -0.25) is 0 Å². The Morgan fingerprint density at radius 1 is 1.00 bits per heavy atom. The predicted molar refractivity (Wildman–Crippen MR) is 62.9 cm³/mol. The van der Waals surface area contributed by atoms with Crippen molar-refractivity contribution in [1.82, 2.24) is 0 Å². The summed E-state index contributed by atoms with van der Waals surface area (Å²) in [5.41, 5.74) is 2.94. The van der Waals surface area contributed by atoms with Crippen LogP contribution in [0.25, 0.3) is 16.0 Å². The first-order chi connectivity index (χ1) is 7.83. The number of benzene rings is 2. The van der Waals surface area contributed by atoms with Crippen LogP contribution in [0, 0.1) is 17.9 Å². The third kappa shape index (κ3) is 1.92. The highest BCUT2D eigenvalue weighted by molar-refractivity contribution is 5.70. The molecule has 0 unspecified atom stereocenters. The molecule has 2 heteroatoms. The highest BCUT2D eigenvalue weighted by atomic mass is 14.6. The zero-order chi connectivity index (χ0) is 11.4. The Hall–Kier alpha value is -2.58. The molecule has 0 amide bonds. The van der Waals surface area contributed by atoms with E-state index in [1.807, 2.05) is 30.3 Å². The fraction of sp³-hybridized carbons (Fsp3) is 0. The lowest BCUT2D eigenvalue weighted by atomic mass is 10.0.